The largest absolute Gasteiger partial charge is 0.493 e. The third-order valence-electron chi connectivity index (χ3n) is 6.62. The number of fused-ring (bicyclic) bond motifs is 1. The average molecular weight is 343 g/mol. The summed E-state index contributed by atoms with van der Waals surface area (Å²) in [5, 5.41) is 0. The van der Waals surface area contributed by atoms with Crippen molar-refractivity contribution in [2.45, 2.75) is 42.6 Å². The molecule has 4 aliphatic rings. The van der Waals surface area contributed by atoms with Crippen LogP contribution in [0.1, 0.15) is 24.0 Å². The number of hydrogen-bond acceptors (Lipinski definition) is 5. The summed E-state index contributed by atoms with van der Waals surface area (Å²) < 4.78 is 23.2. The molecule has 2 spiro atoms. The van der Waals surface area contributed by atoms with Crippen molar-refractivity contribution in [2.24, 2.45) is 0 Å². The van der Waals surface area contributed by atoms with Crippen molar-refractivity contribution in [3.63, 3.8) is 0 Å². The van der Waals surface area contributed by atoms with Crippen molar-refractivity contribution < 1.29 is 18.9 Å². The van der Waals surface area contributed by atoms with Crippen LogP contribution in [0.25, 0.3) is 0 Å². The van der Waals surface area contributed by atoms with E-state index in [0.29, 0.717) is 6.10 Å². The van der Waals surface area contributed by atoms with Gasteiger partial charge in [-0.3, -0.25) is 4.90 Å². The summed E-state index contributed by atoms with van der Waals surface area (Å²) in [6.45, 7) is 2.08. The minimum Gasteiger partial charge on any atom is -0.493 e. The lowest BCUT2D eigenvalue weighted by Crippen LogP contribution is -2.54. The Morgan fingerprint density at radius 3 is 2.72 bits per heavy atom. The molecular formula is C20H25NO4. The molecule has 3 heterocycles. The Morgan fingerprint density at radius 1 is 1.16 bits per heavy atom. The fourth-order valence-electron chi connectivity index (χ4n) is 5.43. The number of epoxide rings is 1. The van der Waals surface area contributed by atoms with E-state index in [4.69, 9.17) is 18.9 Å². The van der Waals surface area contributed by atoms with Gasteiger partial charge < -0.3 is 18.9 Å². The van der Waals surface area contributed by atoms with E-state index in [1.54, 1.807) is 21.3 Å². The highest BCUT2D eigenvalue weighted by Gasteiger charge is 2.77. The SMILES string of the molecule is COc1cc2c(cc1OC)[C@@]13C[C@@H](OC)C=C[C@@]14O[C@H]4CN3CCC2. The second-order valence-electron chi connectivity index (χ2n) is 7.51. The van der Waals surface area contributed by atoms with E-state index in [9.17, 15) is 0 Å². The number of methoxy groups -OCH3 is 3. The molecule has 1 aliphatic carbocycles. The molecule has 5 heteroatoms. The van der Waals surface area contributed by atoms with Gasteiger partial charge in [-0.15, -0.1) is 0 Å². The van der Waals surface area contributed by atoms with Crippen molar-refractivity contribution in [3.8, 4) is 11.5 Å². The molecular weight excluding hydrogens is 318 g/mol. The Kier molecular flexibility index (Phi) is 3.28. The molecule has 0 radical (unpaired) electrons. The molecule has 5 nitrogen and oxygen atoms in total. The molecule has 134 valence electrons. The zero-order valence-corrected chi connectivity index (χ0v) is 15.1. The molecule has 0 bridgehead atoms. The minimum atomic E-state index is -0.208. The van der Waals surface area contributed by atoms with E-state index >= 15 is 0 Å². The van der Waals surface area contributed by atoms with Crippen LogP contribution in [-0.4, -0.2) is 57.1 Å². The topological polar surface area (TPSA) is 43.5 Å². The average Bonchev–Trinajstić information content (AvgIpc) is 3.30. The molecule has 4 atom stereocenters. The first-order chi connectivity index (χ1) is 12.2. The van der Waals surface area contributed by atoms with Crippen LogP contribution in [0.5, 0.6) is 11.5 Å². The van der Waals surface area contributed by atoms with Gasteiger partial charge in [-0.1, -0.05) is 6.08 Å². The lowest BCUT2D eigenvalue weighted by atomic mass is 9.69. The van der Waals surface area contributed by atoms with E-state index in [1.807, 2.05) is 0 Å². The van der Waals surface area contributed by atoms with Crippen LogP contribution in [0.15, 0.2) is 24.3 Å². The van der Waals surface area contributed by atoms with E-state index in [0.717, 1.165) is 43.9 Å². The van der Waals surface area contributed by atoms with E-state index in [-0.39, 0.29) is 17.2 Å². The first-order valence-corrected chi connectivity index (χ1v) is 9.09. The van der Waals surface area contributed by atoms with Crippen molar-refractivity contribution >= 4 is 0 Å². The van der Waals surface area contributed by atoms with Crippen molar-refractivity contribution in [1.29, 1.82) is 0 Å². The summed E-state index contributed by atoms with van der Waals surface area (Å²) in [7, 11) is 5.20. The molecule has 25 heavy (non-hydrogen) atoms. The fourth-order valence-corrected chi connectivity index (χ4v) is 5.43. The molecule has 2 saturated heterocycles. The van der Waals surface area contributed by atoms with Crippen LogP contribution in [0, 0.1) is 0 Å². The number of ether oxygens (including phenoxy) is 4. The smallest absolute Gasteiger partial charge is 0.161 e. The van der Waals surface area contributed by atoms with Gasteiger partial charge >= 0.3 is 0 Å². The zero-order chi connectivity index (χ0) is 17.2. The molecule has 2 fully saturated rings. The van der Waals surface area contributed by atoms with Crippen molar-refractivity contribution in [2.75, 3.05) is 34.4 Å². The molecule has 1 aromatic rings. The number of benzene rings is 1. The Hall–Kier alpha value is -1.56. The molecule has 0 amide bonds. The molecule has 0 N–H and O–H groups in total. The Bertz CT molecular complexity index is 747. The molecule has 5 rings (SSSR count). The lowest BCUT2D eigenvalue weighted by molar-refractivity contribution is -0.0222. The third kappa shape index (κ3) is 1.84. The fraction of sp³-hybridized carbons (Fsp3) is 0.600. The maximum absolute atomic E-state index is 6.28. The summed E-state index contributed by atoms with van der Waals surface area (Å²) in [6.07, 6.45) is 7.96. The van der Waals surface area contributed by atoms with Gasteiger partial charge in [0.15, 0.2) is 11.5 Å². The number of morpholine rings is 1. The maximum atomic E-state index is 6.28. The summed E-state index contributed by atoms with van der Waals surface area (Å²) in [4.78, 5) is 2.63. The summed E-state index contributed by atoms with van der Waals surface area (Å²) in [6, 6.07) is 4.35. The lowest BCUT2D eigenvalue weighted by Gasteiger charge is -2.47. The minimum absolute atomic E-state index is 0.107. The van der Waals surface area contributed by atoms with Crippen LogP contribution < -0.4 is 9.47 Å². The standard InChI is InChI=1S/C20H25NO4/c1-22-14-6-7-20-18(25-20)12-21-8-4-5-13-9-16(23-2)17(24-3)10-15(13)19(20,21)11-14/h6-7,9-10,14,18H,4-5,8,11-12H2,1-3H3/t14-,18-,19-,20-/m0/s1. The number of hydrogen-bond donors (Lipinski definition) is 0. The zero-order valence-electron chi connectivity index (χ0n) is 15.1. The van der Waals surface area contributed by atoms with Gasteiger partial charge in [0.1, 0.15) is 11.7 Å². The summed E-state index contributed by atoms with van der Waals surface area (Å²) >= 11 is 0. The van der Waals surface area contributed by atoms with E-state index in [2.05, 4.69) is 29.2 Å². The monoisotopic (exact) mass is 343 g/mol. The van der Waals surface area contributed by atoms with Crippen LogP contribution in [0.2, 0.25) is 0 Å². The van der Waals surface area contributed by atoms with Gasteiger partial charge in [0, 0.05) is 20.1 Å². The summed E-state index contributed by atoms with van der Waals surface area (Å²) in [5.74, 6) is 1.60. The molecule has 1 aromatic carbocycles. The number of rotatable bonds is 3. The molecule has 0 saturated carbocycles. The van der Waals surface area contributed by atoms with Crippen LogP contribution in [-0.2, 0) is 21.4 Å². The first kappa shape index (κ1) is 15.7. The third-order valence-corrected chi connectivity index (χ3v) is 6.62. The van der Waals surface area contributed by atoms with Gasteiger partial charge in [-0.2, -0.15) is 0 Å². The van der Waals surface area contributed by atoms with Gasteiger partial charge in [0.2, 0.25) is 0 Å². The first-order valence-electron chi connectivity index (χ1n) is 9.09. The summed E-state index contributed by atoms with van der Waals surface area (Å²) in [5.41, 5.74) is 2.30. The highest BCUT2D eigenvalue weighted by Crippen LogP contribution is 2.65. The Labute approximate surface area is 148 Å². The molecule has 3 aliphatic heterocycles. The quantitative estimate of drug-likeness (QED) is 0.622. The van der Waals surface area contributed by atoms with Gasteiger partial charge in [-0.05, 0) is 48.7 Å². The van der Waals surface area contributed by atoms with Crippen molar-refractivity contribution in [3.05, 3.63) is 35.4 Å². The van der Waals surface area contributed by atoms with E-state index in [1.165, 1.54) is 11.1 Å². The maximum Gasteiger partial charge on any atom is 0.161 e. The second-order valence-corrected chi connectivity index (χ2v) is 7.51. The molecule has 0 unspecified atom stereocenters. The van der Waals surface area contributed by atoms with Crippen LogP contribution >= 0.6 is 0 Å². The van der Waals surface area contributed by atoms with Gasteiger partial charge in [0.25, 0.3) is 0 Å². The van der Waals surface area contributed by atoms with Gasteiger partial charge in [-0.25, -0.2) is 0 Å². The molecule has 0 aromatic heterocycles. The Balaban J connectivity index is 1.75. The van der Waals surface area contributed by atoms with Crippen LogP contribution in [0.4, 0.5) is 0 Å². The van der Waals surface area contributed by atoms with Gasteiger partial charge in [0.05, 0.1) is 25.9 Å². The van der Waals surface area contributed by atoms with E-state index < -0.39 is 0 Å². The predicted molar refractivity (Wildman–Crippen MR) is 93.3 cm³/mol. The van der Waals surface area contributed by atoms with Crippen molar-refractivity contribution in [1.82, 2.24) is 4.90 Å². The predicted octanol–water partition coefficient (Wildman–Crippen LogP) is 2.27. The Morgan fingerprint density at radius 2 is 1.96 bits per heavy atom. The highest BCUT2D eigenvalue weighted by atomic mass is 16.6. The normalized spacial score (nSPS) is 38.2. The number of nitrogens with zero attached hydrogens (tertiary/aromatic N) is 1. The highest BCUT2D eigenvalue weighted by molar-refractivity contribution is 5.55. The second kappa shape index (κ2) is 5.22. The van der Waals surface area contributed by atoms with Crippen LogP contribution in [0.3, 0.4) is 0 Å². The number of aryl methyl sites for hydroxylation is 1.